The molecule has 2 aromatic carbocycles. The van der Waals surface area contributed by atoms with E-state index in [4.69, 9.17) is 4.74 Å². The molecule has 41 heavy (non-hydrogen) atoms. The third kappa shape index (κ3) is 5.01. The molecule has 0 N–H and O–H groups in total. The largest absolute Gasteiger partial charge is 0.493 e. The fourth-order valence-electron chi connectivity index (χ4n) is 4.80. The average molecular weight is 607 g/mol. The number of benzene rings is 2. The number of ether oxygens (including phenoxy) is 1. The molecule has 0 saturated heterocycles. The van der Waals surface area contributed by atoms with E-state index in [2.05, 4.69) is 0 Å². The van der Waals surface area contributed by atoms with Crippen molar-refractivity contribution in [3.05, 3.63) is 87.6 Å². The van der Waals surface area contributed by atoms with Crippen LogP contribution in [0.3, 0.4) is 0 Å². The van der Waals surface area contributed by atoms with Gasteiger partial charge in [0.15, 0.2) is 0 Å². The third-order valence-corrected chi connectivity index (χ3v) is 9.11. The SMILES string of the molecule is Cc1sc(-c2ccccc2)cc1C1=C(c2cc(-c3ccc(OCC(C)(C)C)cc3)sc2C)C(F)(F)C(F)(F)C1(F)F. The van der Waals surface area contributed by atoms with Gasteiger partial charge < -0.3 is 4.74 Å². The summed E-state index contributed by atoms with van der Waals surface area (Å²) in [5, 5.41) is 0. The lowest BCUT2D eigenvalue weighted by Crippen LogP contribution is -2.48. The highest BCUT2D eigenvalue weighted by molar-refractivity contribution is 7.16. The summed E-state index contributed by atoms with van der Waals surface area (Å²) in [5.74, 6) is -15.2. The highest BCUT2D eigenvalue weighted by Crippen LogP contribution is 2.66. The minimum absolute atomic E-state index is 0.0524. The zero-order chi connectivity index (χ0) is 30.0. The van der Waals surface area contributed by atoms with Gasteiger partial charge in [-0.15, -0.1) is 22.7 Å². The van der Waals surface area contributed by atoms with E-state index in [1.165, 1.54) is 26.0 Å². The quantitative estimate of drug-likeness (QED) is 0.198. The predicted octanol–water partition coefficient (Wildman–Crippen LogP) is 11.0. The fraction of sp³-hybridized carbons (Fsp3) is 0.312. The number of thiophene rings is 2. The zero-order valence-corrected chi connectivity index (χ0v) is 24.7. The van der Waals surface area contributed by atoms with Crippen molar-refractivity contribution < 1.29 is 31.1 Å². The lowest BCUT2D eigenvalue weighted by atomic mass is 9.94. The van der Waals surface area contributed by atoms with Crippen LogP contribution in [0.2, 0.25) is 0 Å². The van der Waals surface area contributed by atoms with Gasteiger partial charge in [0.05, 0.1) is 6.61 Å². The first kappa shape index (κ1) is 29.5. The van der Waals surface area contributed by atoms with E-state index in [0.717, 1.165) is 22.7 Å². The van der Waals surface area contributed by atoms with Crippen molar-refractivity contribution in [2.75, 3.05) is 6.61 Å². The van der Waals surface area contributed by atoms with Crippen LogP contribution in [0, 0.1) is 19.3 Å². The molecular weight excluding hydrogens is 578 g/mol. The Labute approximate surface area is 243 Å². The Morgan fingerprint density at radius 2 is 1.10 bits per heavy atom. The molecule has 0 fully saturated rings. The summed E-state index contributed by atoms with van der Waals surface area (Å²) in [6, 6.07) is 18.3. The summed E-state index contributed by atoms with van der Waals surface area (Å²) in [5.41, 5.74) is -1.98. The molecule has 0 unspecified atom stereocenters. The molecule has 0 radical (unpaired) electrons. The molecule has 0 aliphatic heterocycles. The lowest BCUT2D eigenvalue weighted by molar-refractivity contribution is -0.254. The van der Waals surface area contributed by atoms with Crippen LogP contribution in [0.1, 0.15) is 41.7 Å². The summed E-state index contributed by atoms with van der Waals surface area (Å²) < 4.78 is 97.6. The molecule has 2 aromatic heterocycles. The van der Waals surface area contributed by atoms with Crippen molar-refractivity contribution in [3.8, 4) is 26.6 Å². The van der Waals surface area contributed by atoms with Crippen LogP contribution in [0.25, 0.3) is 32.0 Å². The van der Waals surface area contributed by atoms with E-state index in [1.807, 2.05) is 20.8 Å². The second kappa shape index (κ2) is 10.1. The summed E-state index contributed by atoms with van der Waals surface area (Å²) in [7, 11) is 0. The molecule has 0 saturated carbocycles. The number of hydrogen-bond donors (Lipinski definition) is 0. The number of allylic oxidation sites excluding steroid dienone is 2. The number of aryl methyl sites for hydroxylation is 2. The van der Waals surface area contributed by atoms with Crippen molar-refractivity contribution in [1.29, 1.82) is 0 Å². The predicted molar refractivity (Wildman–Crippen MR) is 156 cm³/mol. The lowest BCUT2D eigenvalue weighted by Gasteiger charge is -2.25. The van der Waals surface area contributed by atoms with Crippen LogP contribution in [0.4, 0.5) is 26.3 Å². The molecule has 9 heteroatoms. The number of rotatable bonds is 6. The molecule has 1 aliphatic carbocycles. The average Bonchev–Trinajstić information content (AvgIpc) is 3.50. The second-order valence-electron chi connectivity index (χ2n) is 11.4. The minimum Gasteiger partial charge on any atom is -0.493 e. The van der Waals surface area contributed by atoms with Crippen molar-refractivity contribution in [2.45, 2.75) is 52.4 Å². The summed E-state index contributed by atoms with van der Waals surface area (Å²) in [6.45, 7) is 9.55. The summed E-state index contributed by atoms with van der Waals surface area (Å²) in [4.78, 5) is 1.51. The molecule has 216 valence electrons. The van der Waals surface area contributed by atoms with Crippen LogP contribution in [0.15, 0.2) is 66.7 Å². The minimum atomic E-state index is -5.60. The topological polar surface area (TPSA) is 9.23 Å². The highest BCUT2D eigenvalue weighted by Gasteiger charge is 2.80. The molecule has 0 amide bonds. The van der Waals surface area contributed by atoms with Crippen LogP contribution in [-0.4, -0.2) is 24.4 Å². The van der Waals surface area contributed by atoms with Crippen LogP contribution in [0.5, 0.6) is 5.75 Å². The summed E-state index contributed by atoms with van der Waals surface area (Å²) in [6.07, 6.45) is 0. The van der Waals surface area contributed by atoms with Gasteiger partial charge in [-0.25, -0.2) is 0 Å². The standard InChI is InChI=1S/C32H28F6OS2/c1-18-23(15-25(40-18)20-9-7-6-8-10-20)27-28(31(35,36)32(37,38)30(27,33)34)24-16-26(41-19(24)2)21-11-13-22(14-12-21)39-17-29(3,4)5/h6-16H,17H2,1-5H3. The molecule has 1 aliphatic rings. The monoisotopic (exact) mass is 606 g/mol. The molecule has 1 nitrogen and oxygen atoms in total. The Kier molecular flexibility index (Phi) is 7.22. The van der Waals surface area contributed by atoms with Gasteiger partial charge in [0, 0.05) is 30.7 Å². The molecule has 0 atom stereocenters. The Bertz CT molecular complexity index is 1610. The van der Waals surface area contributed by atoms with Crippen LogP contribution >= 0.6 is 22.7 Å². The second-order valence-corrected chi connectivity index (χ2v) is 13.9. The number of hydrogen-bond acceptors (Lipinski definition) is 3. The van der Waals surface area contributed by atoms with Gasteiger partial charge in [-0.3, -0.25) is 0 Å². The van der Waals surface area contributed by atoms with Gasteiger partial charge in [0.25, 0.3) is 0 Å². The Morgan fingerprint density at radius 3 is 1.54 bits per heavy atom. The Balaban J connectivity index is 1.63. The first-order chi connectivity index (χ1) is 19.0. The van der Waals surface area contributed by atoms with Crippen LogP contribution < -0.4 is 4.74 Å². The van der Waals surface area contributed by atoms with Gasteiger partial charge in [-0.2, -0.15) is 26.3 Å². The molecule has 5 rings (SSSR count). The van der Waals surface area contributed by atoms with Crippen LogP contribution in [-0.2, 0) is 0 Å². The van der Waals surface area contributed by atoms with Gasteiger partial charge in [0.1, 0.15) is 5.75 Å². The smallest absolute Gasteiger partial charge is 0.380 e. The van der Waals surface area contributed by atoms with E-state index in [-0.39, 0.29) is 26.3 Å². The normalized spacial score (nSPS) is 17.7. The van der Waals surface area contributed by atoms with Crippen molar-refractivity contribution >= 4 is 33.8 Å². The molecule has 4 aromatic rings. The number of alkyl halides is 6. The first-order valence-corrected chi connectivity index (χ1v) is 14.6. The van der Waals surface area contributed by atoms with E-state index in [1.54, 1.807) is 54.6 Å². The Morgan fingerprint density at radius 1 is 0.659 bits per heavy atom. The number of halogens is 6. The Hall–Kier alpha value is -3.04. The van der Waals surface area contributed by atoms with Gasteiger partial charge >= 0.3 is 17.8 Å². The van der Waals surface area contributed by atoms with Crippen molar-refractivity contribution in [3.63, 3.8) is 0 Å². The highest BCUT2D eigenvalue weighted by atomic mass is 32.1. The summed E-state index contributed by atoms with van der Waals surface area (Å²) >= 11 is 2.19. The van der Waals surface area contributed by atoms with Crippen molar-refractivity contribution in [1.82, 2.24) is 0 Å². The molecule has 0 spiro atoms. The maximum atomic E-state index is 15.5. The molecular formula is C32H28F6OS2. The maximum absolute atomic E-state index is 15.5. The first-order valence-electron chi connectivity index (χ1n) is 12.9. The molecule has 2 heterocycles. The van der Waals surface area contributed by atoms with Crippen molar-refractivity contribution in [2.24, 2.45) is 5.41 Å². The maximum Gasteiger partial charge on any atom is 0.380 e. The van der Waals surface area contributed by atoms with E-state index >= 15 is 17.6 Å². The molecule has 0 bridgehead atoms. The fourth-order valence-corrected chi connectivity index (χ4v) is 6.86. The van der Waals surface area contributed by atoms with Gasteiger partial charge in [0.2, 0.25) is 0 Å². The van der Waals surface area contributed by atoms with E-state index < -0.39 is 28.9 Å². The third-order valence-electron chi connectivity index (χ3n) is 6.91. The van der Waals surface area contributed by atoms with Gasteiger partial charge in [-0.1, -0.05) is 51.1 Å². The zero-order valence-electron chi connectivity index (χ0n) is 23.1. The van der Waals surface area contributed by atoms with Gasteiger partial charge in [-0.05, 0) is 77.9 Å². The van der Waals surface area contributed by atoms with E-state index in [0.29, 0.717) is 33.2 Å². The van der Waals surface area contributed by atoms with E-state index in [9.17, 15) is 8.78 Å².